The molecule has 0 unspecified atom stereocenters. The summed E-state index contributed by atoms with van der Waals surface area (Å²) in [5, 5.41) is 4.79. The molecule has 3 aliphatic rings. The average molecular weight is 278 g/mol. The Balaban J connectivity index is 1.61. The monoisotopic (exact) mass is 278 g/mol. The Morgan fingerprint density at radius 3 is 2.71 bits per heavy atom. The SMILES string of the molecule is C1=C[C@@H]2C[C@H]1C[C@@H]2c1nc(C2CC2)nn1-c1ccccn1. The van der Waals surface area contributed by atoms with E-state index in [0.29, 0.717) is 17.8 Å². The Morgan fingerprint density at radius 2 is 2.05 bits per heavy atom. The Kier molecular flexibility index (Phi) is 2.37. The first-order valence-corrected chi connectivity index (χ1v) is 7.95. The molecule has 2 saturated carbocycles. The molecule has 2 bridgehead atoms. The van der Waals surface area contributed by atoms with Gasteiger partial charge >= 0.3 is 0 Å². The van der Waals surface area contributed by atoms with Crippen molar-refractivity contribution in [2.24, 2.45) is 11.8 Å². The third-order valence-corrected chi connectivity index (χ3v) is 5.07. The van der Waals surface area contributed by atoms with E-state index in [1.54, 1.807) is 0 Å². The minimum atomic E-state index is 0.516. The minimum absolute atomic E-state index is 0.516. The summed E-state index contributed by atoms with van der Waals surface area (Å²) in [7, 11) is 0. The number of rotatable bonds is 3. The summed E-state index contributed by atoms with van der Waals surface area (Å²) in [6, 6.07) is 5.99. The zero-order chi connectivity index (χ0) is 13.8. The van der Waals surface area contributed by atoms with Crippen LogP contribution in [0.5, 0.6) is 0 Å². The minimum Gasteiger partial charge on any atom is -0.237 e. The molecule has 2 heterocycles. The molecule has 3 aliphatic carbocycles. The van der Waals surface area contributed by atoms with Gasteiger partial charge in [0.1, 0.15) is 5.82 Å². The van der Waals surface area contributed by atoms with Gasteiger partial charge in [-0.3, -0.25) is 0 Å². The number of nitrogens with zero attached hydrogens (tertiary/aromatic N) is 4. The van der Waals surface area contributed by atoms with Gasteiger partial charge in [0.05, 0.1) is 0 Å². The van der Waals surface area contributed by atoms with Crippen LogP contribution in [0.3, 0.4) is 0 Å². The Bertz CT molecular complexity index is 699. The number of pyridine rings is 1. The van der Waals surface area contributed by atoms with Crippen molar-refractivity contribution in [2.45, 2.75) is 37.5 Å². The van der Waals surface area contributed by atoms with E-state index >= 15 is 0 Å². The van der Waals surface area contributed by atoms with Crippen LogP contribution < -0.4 is 0 Å². The predicted octanol–water partition coefficient (Wildman–Crippen LogP) is 3.22. The molecule has 0 aromatic carbocycles. The van der Waals surface area contributed by atoms with Gasteiger partial charge in [0.25, 0.3) is 0 Å². The van der Waals surface area contributed by atoms with E-state index in [1.165, 1.54) is 25.7 Å². The predicted molar refractivity (Wildman–Crippen MR) is 79.2 cm³/mol. The molecule has 0 N–H and O–H groups in total. The maximum Gasteiger partial charge on any atom is 0.155 e. The van der Waals surface area contributed by atoms with Crippen molar-refractivity contribution in [3.05, 3.63) is 48.2 Å². The van der Waals surface area contributed by atoms with Crippen LogP contribution in [-0.4, -0.2) is 19.7 Å². The van der Waals surface area contributed by atoms with E-state index in [2.05, 4.69) is 17.1 Å². The highest BCUT2D eigenvalue weighted by atomic mass is 15.4. The fraction of sp³-hybridized carbons (Fsp3) is 0.471. The van der Waals surface area contributed by atoms with Crippen LogP contribution in [0.1, 0.15) is 49.2 Å². The van der Waals surface area contributed by atoms with Crippen molar-refractivity contribution < 1.29 is 0 Å². The van der Waals surface area contributed by atoms with Gasteiger partial charge in [0, 0.05) is 18.0 Å². The van der Waals surface area contributed by atoms with Gasteiger partial charge < -0.3 is 0 Å². The van der Waals surface area contributed by atoms with E-state index in [-0.39, 0.29) is 0 Å². The van der Waals surface area contributed by atoms with Gasteiger partial charge in [-0.25, -0.2) is 9.97 Å². The van der Waals surface area contributed by atoms with Crippen LogP contribution in [0.4, 0.5) is 0 Å². The number of aromatic nitrogens is 4. The lowest BCUT2D eigenvalue weighted by atomic mass is 9.93. The van der Waals surface area contributed by atoms with E-state index < -0.39 is 0 Å². The molecule has 4 heteroatoms. The van der Waals surface area contributed by atoms with Gasteiger partial charge in [-0.05, 0) is 49.7 Å². The van der Waals surface area contributed by atoms with Gasteiger partial charge in [-0.1, -0.05) is 18.2 Å². The van der Waals surface area contributed by atoms with Crippen LogP contribution in [0.25, 0.3) is 5.82 Å². The fourth-order valence-corrected chi connectivity index (χ4v) is 3.82. The lowest BCUT2D eigenvalue weighted by Gasteiger charge is -2.17. The third-order valence-electron chi connectivity index (χ3n) is 5.07. The molecule has 0 saturated heterocycles. The van der Waals surface area contributed by atoms with Crippen molar-refractivity contribution in [3.8, 4) is 5.82 Å². The molecular weight excluding hydrogens is 260 g/mol. The Labute approximate surface area is 123 Å². The van der Waals surface area contributed by atoms with Crippen LogP contribution >= 0.6 is 0 Å². The second-order valence-electron chi connectivity index (χ2n) is 6.59. The number of allylic oxidation sites excluding steroid dienone is 2. The lowest BCUT2D eigenvalue weighted by Crippen LogP contribution is -2.13. The molecule has 0 spiro atoms. The molecule has 106 valence electrons. The van der Waals surface area contributed by atoms with Crippen molar-refractivity contribution in [1.29, 1.82) is 0 Å². The molecule has 0 radical (unpaired) electrons. The van der Waals surface area contributed by atoms with Crippen molar-refractivity contribution in [3.63, 3.8) is 0 Å². The number of fused-ring (bicyclic) bond motifs is 2. The van der Waals surface area contributed by atoms with Gasteiger partial charge in [-0.2, -0.15) is 4.68 Å². The van der Waals surface area contributed by atoms with Crippen LogP contribution in [0.2, 0.25) is 0 Å². The quantitative estimate of drug-likeness (QED) is 0.810. The molecule has 2 aromatic rings. The molecule has 5 rings (SSSR count). The summed E-state index contributed by atoms with van der Waals surface area (Å²) in [4.78, 5) is 9.41. The highest BCUT2D eigenvalue weighted by Crippen LogP contribution is 2.49. The number of hydrogen-bond acceptors (Lipinski definition) is 3. The summed E-state index contributed by atoms with van der Waals surface area (Å²) >= 11 is 0. The largest absolute Gasteiger partial charge is 0.237 e. The number of hydrogen-bond donors (Lipinski definition) is 0. The standard InChI is InChI=1S/C17H18N4/c1-2-8-18-15(3-1)21-17(19-16(20-21)12-6-7-12)14-10-11-4-5-13(14)9-11/h1-5,8,11-14H,6-7,9-10H2/t11-,13+,14-/m0/s1. The second-order valence-corrected chi connectivity index (χ2v) is 6.59. The Hall–Kier alpha value is -1.97. The summed E-state index contributed by atoms with van der Waals surface area (Å²) in [5.41, 5.74) is 0. The van der Waals surface area contributed by atoms with E-state index in [1.807, 2.05) is 29.1 Å². The van der Waals surface area contributed by atoms with E-state index in [4.69, 9.17) is 10.1 Å². The van der Waals surface area contributed by atoms with Crippen LogP contribution in [-0.2, 0) is 0 Å². The summed E-state index contributed by atoms with van der Waals surface area (Å²) in [6.07, 6.45) is 11.6. The van der Waals surface area contributed by atoms with Gasteiger partial charge in [0.15, 0.2) is 11.6 Å². The zero-order valence-corrected chi connectivity index (χ0v) is 11.9. The summed E-state index contributed by atoms with van der Waals surface area (Å²) < 4.78 is 2.01. The summed E-state index contributed by atoms with van der Waals surface area (Å²) in [6.45, 7) is 0. The maximum absolute atomic E-state index is 4.93. The average Bonchev–Trinajstić information content (AvgIpc) is 2.99. The Morgan fingerprint density at radius 1 is 1.10 bits per heavy atom. The first kappa shape index (κ1) is 11.7. The smallest absolute Gasteiger partial charge is 0.155 e. The molecule has 2 fully saturated rings. The molecule has 0 aliphatic heterocycles. The highest BCUT2D eigenvalue weighted by Gasteiger charge is 2.40. The first-order chi connectivity index (χ1) is 10.4. The second kappa shape index (κ2) is 4.26. The summed E-state index contributed by atoms with van der Waals surface area (Å²) in [5.74, 6) is 5.56. The van der Waals surface area contributed by atoms with Crippen molar-refractivity contribution in [1.82, 2.24) is 19.7 Å². The van der Waals surface area contributed by atoms with Crippen LogP contribution in [0, 0.1) is 11.8 Å². The van der Waals surface area contributed by atoms with Crippen molar-refractivity contribution in [2.75, 3.05) is 0 Å². The molecule has 2 aromatic heterocycles. The molecule has 21 heavy (non-hydrogen) atoms. The van der Waals surface area contributed by atoms with E-state index in [9.17, 15) is 0 Å². The van der Waals surface area contributed by atoms with Gasteiger partial charge in [0.2, 0.25) is 0 Å². The molecule has 3 atom stereocenters. The lowest BCUT2D eigenvalue weighted by molar-refractivity contribution is 0.535. The highest BCUT2D eigenvalue weighted by molar-refractivity contribution is 5.27. The first-order valence-electron chi connectivity index (χ1n) is 7.95. The molecule has 4 nitrogen and oxygen atoms in total. The molecule has 0 amide bonds. The normalized spacial score (nSPS) is 30.2. The molecular formula is C17H18N4. The maximum atomic E-state index is 4.93. The van der Waals surface area contributed by atoms with E-state index in [0.717, 1.165) is 23.4 Å². The van der Waals surface area contributed by atoms with Crippen molar-refractivity contribution >= 4 is 0 Å². The van der Waals surface area contributed by atoms with Gasteiger partial charge in [-0.15, -0.1) is 5.10 Å². The fourth-order valence-electron chi connectivity index (χ4n) is 3.82. The van der Waals surface area contributed by atoms with Crippen LogP contribution in [0.15, 0.2) is 36.5 Å². The third kappa shape index (κ3) is 1.85. The zero-order valence-electron chi connectivity index (χ0n) is 11.9. The topological polar surface area (TPSA) is 43.6 Å².